The molecule has 0 bridgehead atoms. The summed E-state index contributed by atoms with van der Waals surface area (Å²) in [7, 11) is 0. The highest BCUT2D eigenvalue weighted by Gasteiger charge is 2.39. The number of aryl methyl sites for hydroxylation is 2. The van der Waals surface area contributed by atoms with Crippen LogP contribution in [-0.4, -0.2) is 142 Å². The first-order chi connectivity index (χ1) is 30.5. The normalized spacial score (nSPS) is 17.3. The summed E-state index contributed by atoms with van der Waals surface area (Å²) >= 11 is 0. The van der Waals surface area contributed by atoms with E-state index >= 15 is 0 Å². The fraction of sp³-hybridized carbons (Fsp3) is 0.522. The van der Waals surface area contributed by atoms with Gasteiger partial charge in [-0.05, 0) is 97.1 Å². The van der Waals surface area contributed by atoms with Crippen LogP contribution in [0.2, 0.25) is 0 Å². The van der Waals surface area contributed by atoms with E-state index in [1.165, 1.54) is 4.90 Å². The molecule has 2 fully saturated rings. The van der Waals surface area contributed by atoms with Crippen LogP contribution in [0.5, 0.6) is 0 Å². The maximum Gasteiger partial charge on any atom is 0.328 e. The van der Waals surface area contributed by atoms with Crippen molar-refractivity contribution in [3.8, 4) is 0 Å². The predicted molar refractivity (Wildman–Crippen MR) is 234 cm³/mol. The number of likely N-dealkylation sites (tertiary alicyclic amines) is 2. The number of rotatable bonds is 21. The Bertz CT molecular complexity index is 1830. The molecule has 0 radical (unpaired) electrons. The van der Waals surface area contributed by atoms with Gasteiger partial charge >= 0.3 is 35.8 Å². The van der Waals surface area contributed by atoms with E-state index < -0.39 is 60.1 Å². The van der Waals surface area contributed by atoms with Gasteiger partial charge < -0.3 is 39.3 Å². The lowest BCUT2D eigenvalue weighted by molar-refractivity contribution is -0.154. The van der Waals surface area contributed by atoms with E-state index in [2.05, 4.69) is 10.6 Å². The molecular formula is C46H64N4O14. The third kappa shape index (κ3) is 19.1. The molecule has 6 atom stereocenters. The summed E-state index contributed by atoms with van der Waals surface area (Å²) in [5.74, 6) is -5.13. The summed E-state index contributed by atoms with van der Waals surface area (Å²) in [5, 5.41) is 31.1. The molecule has 2 aliphatic heterocycles. The quantitative estimate of drug-likeness (QED) is 0.0684. The van der Waals surface area contributed by atoms with Gasteiger partial charge in [-0.15, -0.1) is 0 Å². The topological polar surface area (TPSA) is 255 Å². The van der Waals surface area contributed by atoms with Crippen molar-refractivity contribution in [1.29, 1.82) is 0 Å². The second-order valence-electron chi connectivity index (χ2n) is 14.9. The van der Waals surface area contributed by atoms with Crippen molar-refractivity contribution in [3.63, 3.8) is 0 Å². The zero-order valence-corrected chi connectivity index (χ0v) is 37.3. The molecule has 0 aliphatic carbocycles. The number of carboxylic acid groups (broad SMARTS) is 3. The van der Waals surface area contributed by atoms with Gasteiger partial charge in [0.25, 0.3) is 0 Å². The minimum absolute atomic E-state index is 0.199. The lowest BCUT2D eigenvalue weighted by Crippen LogP contribution is -2.53. The van der Waals surface area contributed by atoms with Gasteiger partial charge in [0.1, 0.15) is 24.2 Å². The van der Waals surface area contributed by atoms with Gasteiger partial charge in [-0.3, -0.25) is 29.8 Å². The number of amides is 2. The molecule has 18 heteroatoms. The van der Waals surface area contributed by atoms with Crippen molar-refractivity contribution in [1.82, 2.24) is 20.4 Å². The van der Waals surface area contributed by atoms with E-state index in [9.17, 15) is 43.5 Å². The fourth-order valence-corrected chi connectivity index (χ4v) is 7.12. The number of benzene rings is 2. The van der Waals surface area contributed by atoms with Gasteiger partial charge in [0.15, 0.2) is 0 Å². The fourth-order valence-electron chi connectivity index (χ4n) is 7.12. The maximum atomic E-state index is 13.0. The van der Waals surface area contributed by atoms with E-state index in [4.69, 9.17) is 24.4 Å². The van der Waals surface area contributed by atoms with E-state index in [1.807, 2.05) is 60.7 Å². The standard InChI is InChI=1S/C22H32N2O5.C20H28N2O5.C4H4O4/c1-4-28-21(26)18(14-13-17-10-7-6-8-11-17)23-16(3)20(25)24-15-9-12-19(24)22(27)29-5-2;1-3-27-20(26)16(12-11-15-8-5-4-6-9-15)21-14(2)18(23)22-13-7-10-17(22)19(24)25;5-3(6)1-2-4(7)8/h6-8,10-11,16,18-19,23H,4-5,9,12-15H2,1-3H3;4-6,8-9,14,16-17,21H,3,7,10-13H2,1-2H3,(H,24,25);1-2H,(H,5,6)(H,7,8)/b;;2-1-/t16-,18-,19-;14-,16-,17-;/m00./s1. The Kier molecular flexibility index (Phi) is 24.7. The first-order valence-electron chi connectivity index (χ1n) is 21.6. The van der Waals surface area contributed by atoms with Crippen LogP contribution in [0.1, 0.15) is 84.3 Å². The van der Waals surface area contributed by atoms with Crippen LogP contribution in [0.25, 0.3) is 0 Å². The van der Waals surface area contributed by atoms with Gasteiger partial charge in [0.2, 0.25) is 11.8 Å². The number of carbonyl (C=O) groups excluding carboxylic acids is 5. The Balaban J connectivity index is 0.000000377. The van der Waals surface area contributed by atoms with Gasteiger partial charge in [0.05, 0.1) is 31.9 Å². The molecule has 0 saturated carbocycles. The summed E-state index contributed by atoms with van der Waals surface area (Å²) in [5.41, 5.74) is 2.21. The summed E-state index contributed by atoms with van der Waals surface area (Å²) in [6, 6.07) is 15.8. The summed E-state index contributed by atoms with van der Waals surface area (Å²) < 4.78 is 15.4. The van der Waals surface area contributed by atoms with E-state index in [0.717, 1.165) is 17.5 Å². The average Bonchev–Trinajstić information content (AvgIpc) is 3.98. The number of carbonyl (C=O) groups is 8. The molecule has 0 unspecified atom stereocenters. The third-order valence-electron chi connectivity index (χ3n) is 10.2. The van der Waals surface area contributed by atoms with Gasteiger partial charge in [0, 0.05) is 25.2 Å². The molecule has 4 rings (SSSR count). The number of nitrogens with one attached hydrogen (secondary N) is 2. The molecule has 2 amide bonds. The summed E-state index contributed by atoms with van der Waals surface area (Å²) in [6.45, 7) is 10.4. The molecule has 5 N–H and O–H groups in total. The van der Waals surface area contributed by atoms with Crippen LogP contribution in [0.4, 0.5) is 0 Å². The largest absolute Gasteiger partial charge is 0.480 e. The first kappa shape index (κ1) is 54.0. The highest BCUT2D eigenvalue weighted by Crippen LogP contribution is 2.21. The zero-order chi connectivity index (χ0) is 47.6. The van der Waals surface area contributed by atoms with Crippen molar-refractivity contribution in [2.75, 3.05) is 32.9 Å². The Labute approximate surface area is 374 Å². The highest BCUT2D eigenvalue weighted by atomic mass is 16.5. The molecule has 64 heavy (non-hydrogen) atoms. The first-order valence-corrected chi connectivity index (χ1v) is 21.6. The average molecular weight is 897 g/mol. The number of carboxylic acids is 3. The summed E-state index contributed by atoms with van der Waals surface area (Å²) in [4.78, 5) is 95.9. The molecule has 2 aromatic rings. The molecule has 18 nitrogen and oxygen atoms in total. The van der Waals surface area contributed by atoms with Gasteiger partial charge in [-0.1, -0.05) is 60.7 Å². The van der Waals surface area contributed by atoms with Crippen LogP contribution in [0, 0.1) is 0 Å². The lowest BCUT2D eigenvalue weighted by atomic mass is 10.0. The van der Waals surface area contributed by atoms with Crippen LogP contribution in [0.3, 0.4) is 0 Å². The van der Waals surface area contributed by atoms with Crippen molar-refractivity contribution >= 4 is 47.6 Å². The molecule has 2 heterocycles. The van der Waals surface area contributed by atoms with E-state index in [1.54, 1.807) is 39.5 Å². The number of hydrogen-bond acceptors (Lipinski definition) is 13. The molecule has 0 spiro atoms. The Morgan fingerprint density at radius 2 is 0.984 bits per heavy atom. The Morgan fingerprint density at radius 3 is 1.34 bits per heavy atom. The minimum Gasteiger partial charge on any atom is -0.480 e. The smallest absolute Gasteiger partial charge is 0.328 e. The number of aliphatic carboxylic acids is 3. The molecule has 2 aromatic carbocycles. The molecule has 0 aromatic heterocycles. The number of hydrogen-bond donors (Lipinski definition) is 5. The maximum absolute atomic E-state index is 13.0. The summed E-state index contributed by atoms with van der Waals surface area (Å²) in [6.07, 6.45) is 5.97. The number of nitrogens with zero attached hydrogens (tertiary/aromatic N) is 2. The number of esters is 3. The SMILES string of the molecule is CCOC(=O)[C@H](CCc1ccccc1)N[C@@H](C)C(=O)N1CCC[C@H]1C(=O)O.CCOC(=O)[C@H](CCc1ccccc1)N[C@@H](C)C(=O)N1CCC[C@H]1C(=O)OCC.O=C(O)/C=C\C(=O)O. The van der Waals surface area contributed by atoms with Crippen molar-refractivity contribution in [2.45, 2.75) is 122 Å². The van der Waals surface area contributed by atoms with Crippen LogP contribution in [-0.2, 0) is 65.4 Å². The van der Waals surface area contributed by atoms with Crippen LogP contribution >= 0.6 is 0 Å². The van der Waals surface area contributed by atoms with Crippen LogP contribution in [0.15, 0.2) is 72.8 Å². The second kappa shape index (κ2) is 29.3. The second-order valence-corrected chi connectivity index (χ2v) is 14.9. The minimum atomic E-state index is -1.26. The van der Waals surface area contributed by atoms with Gasteiger partial charge in [-0.2, -0.15) is 0 Å². The molecule has 2 saturated heterocycles. The highest BCUT2D eigenvalue weighted by molar-refractivity contribution is 5.90. The zero-order valence-electron chi connectivity index (χ0n) is 37.3. The van der Waals surface area contributed by atoms with Crippen molar-refractivity contribution < 1.29 is 67.9 Å². The van der Waals surface area contributed by atoms with Crippen molar-refractivity contribution in [2.24, 2.45) is 0 Å². The third-order valence-corrected chi connectivity index (χ3v) is 10.2. The van der Waals surface area contributed by atoms with E-state index in [-0.39, 0.29) is 43.6 Å². The number of ether oxygens (including phenoxy) is 3. The molecular weight excluding hydrogens is 833 g/mol. The van der Waals surface area contributed by atoms with Crippen LogP contribution < -0.4 is 10.6 Å². The Hall–Kier alpha value is -6.14. The molecule has 352 valence electrons. The van der Waals surface area contributed by atoms with Crippen molar-refractivity contribution in [3.05, 3.63) is 83.9 Å². The Morgan fingerprint density at radius 1 is 0.609 bits per heavy atom. The lowest BCUT2D eigenvalue weighted by Gasteiger charge is -2.28. The van der Waals surface area contributed by atoms with Gasteiger partial charge in [-0.25, -0.2) is 19.2 Å². The predicted octanol–water partition coefficient (Wildman–Crippen LogP) is 3.40. The van der Waals surface area contributed by atoms with E-state index in [0.29, 0.717) is 70.2 Å². The monoisotopic (exact) mass is 896 g/mol. The molecule has 2 aliphatic rings.